The quantitative estimate of drug-likeness (QED) is 0.327. The van der Waals surface area contributed by atoms with Gasteiger partial charge in [0.2, 0.25) is 0 Å². The zero-order valence-corrected chi connectivity index (χ0v) is 12.7. The van der Waals surface area contributed by atoms with Crippen LogP contribution in [-0.4, -0.2) is 57.8 Å². The van der Waals surface area contributed by atoms with Crippen LogP contribution in [0, 0.1) is 11.3 Å². The summed E-state index contributed by atoms with van der Waals surface area (Å²) in [4.78, 5) is 13.8. The van der Waals surface area contributed by atoms with Crippen LogP contribution in [0.4, 0.5) is 0 Å². The molecular formula is C14H26N4O2. The minimum atomic E-state index is -0.343. The SMILES string of the molecule is CCOCCCNC(=O)/C(C#N)=C\NCCCN(C)C. The Hall–Kier alpha value is -1.58. The van der Waals surface area contributed by atoms with E-state index < -0.39 is 0 Å². The first-order chi connectivity index (χ1) is 9.61. The Labute approximate surface area is 121 Å². The number of nitrogens with one attached hydrogen (secondary N) is 2. The van der Waals surface area contributed by atoms with Crippen LogP contribution < -0.4 is 10.6 Å². The van der Waals surface area contributed by atoms with E-state index >= 15 is 0 Å². The number of nitriles is 1. The van der Waals surface area contributed by atoms with E-state index in [9.17, 15) is 4.79 Å². The van der Waals surface area contributed by atoms with Crippen molar-refractivity contribution in [1.29, 1.82) is 5.26 Å². The van der Waals surface area contributed by atoms with Crippen molar-refractivity contribution in [3.05, 3.63) is 11.8 Å². The average Bonchev–Trinajstić information content (AvgIpc) is 2.42. The molecule has 0 aliphatic rings. The second-order valence-electron chi connectivity index (χ2n) is 4.59. The molecule has 114 valence electrons. The molecule has 20 heavy (non-hydrogen) atoms. The third-order valence-corrected chi connectivity index (χ3v) is 2.49. The van der Waals surface area contributed by atoms with Crippen molar-refractivity contribution >= 4 is 5.91 Å². The van der Waals surface area contributed by atoms with E-state index in [1.807, 2.05) is 27.1 Å². The molecule has 0 saturated carbocycles. The Morgan fingerprint density at radius 3 is 2.70 bits per heavy atom. The molecule has 0 radical (unpaired) electrons. The van der Waals surface area contributed by atoms with Gasteiger partial charge in [0.15, 0.2) is 0 Å². The summed E-state index contributed by atoms with van der Waals surface area (Å²) in [7, 11) is 4.01. The summed E-state index contributed by atoms with van der Waals surface area (Å²) in [5.41, 5.74) is 0.103. The molecule has 6 heteroatoms. The number of hydrogen-bond donors (Lipinski definition) is 2. The van der Waals surface area contributed by atoms with Gasteiger partial charge in [-0.25, -0.2) is 0 Å². The summed E-state index contributed by atoms with van der Waals surface area (Å²) < 4.78 is 5.17. The number of ether oxygens (including phenoxy) is 1. The highest BCUT2D eigenvalue weighted by molar-refractivity contribution is 5.97. The van der Waals surface area contributed by atoms with Gasteiger partial charge in [-0.05, 0) is 40.4 Å². The normalized spacial score (nSPS) is 11.2. The van der Waals surface area contributed by atoms with E-state index in [4.69, 9.17) is 10.00 Å². The molecule has 0 aliphatic heterocycles. The highest BCUT2D eigenvalue weighted by Gasteiger charge is 2.07. The van der Waals surface area contributed by atoms with Crippen LogP contribution in [0.3, 0.4) is 0 Å². The van der Waals surface area contributed by atoms with E-state index in [-0.39, 0.29) is 11.5 Å². The maximum atomic E-state index is 11.7. The Kier molecular flexibility index (Phi) is 11.5. The smallest absolute Gasteiger partial charge is 0.263 e. The van der Waals surface area contributed by atoms with E-state index in [2.05, 4.69) is 15.5 Å². The molecule has 0 spiro atoms. The van der Waals surface area contributed by atoms with Gasteiger partial charge in [0.1, 0.15) is 11.6 Å². The van der Waals surface area contributed by atoms with Crippen molar-refractivity contribution in [1.82, 2.24) is 15.5 Å². The fourth-order valence-electron chi connectivity index (χ4n) is 1.44. The number of hydrogen-bond acceptors (Lipinski definition) is 5. The summed E-state index contributed by atoms with van der Waals surface area (Å²) in [5, 5.41) is 14.6. The first-order valence-electron chi connectivity index (χ1n) is 6.96. The Balaban J connectivity index is 3.87. The molecule has 0 atom stereocenters. The lowest BCUT2D eigenvalue weighted by Crippen LogP contribution is -2.27. The number of carbonyl (C=O) groups is 1. The second kappa shape index (κ2) is 12.5. The van der Waals surface area contributed by atoms with Crippen LogP contribution in [0.15, 0.2) is 11.8 Å². The summed E-state index contributed by atoms with van der Waals surface area (Å²) in [6.45, 7) is 5.43. The maximum Gasteiger partial charge on any atom is 0.263 e. The third kappa shape index (κ3) is 10.4. The standard InChI is InChI=1S/C14H26N4O2/c1-4-20-10-6-8-17-14(19)13(11-15)12-16-7-5-9-18(2)3/h12,16H,4-10H2,1-3H3,(H,17,19)/b13-12-. The summed E-state index contributed by atoms with van der Waals surface area (Å²) >= 11 is 0. The van der Waals surface area contributed by atoms with Gasteiger partial charge in [-0.3, -0.25) is 4.79 Å². The maximum absolute atomic E-state index is 11.7. The van der Waals surface area contributed by atoms with Crippen molar-refractivity contribution < 1.29 is 9.53 Å². The Morgan fingerprint density at radius 2 is 2.10 bits per heavy atom. The zero-order chi connectivity index (χ0) is 15.2. The predicted octanol–water partition coefficient (Wildman–Crippen LogP) is 0.478. The molecule has 2 N–H and O–H groups in total. The topological polar surface area (TPSA) is 77.4 Å². The van der Waals surface area contributed by atoms with Crippen molar-refractivity contribution in [3.8, 4) is 6.07 Å². The van der Waals surface area contributed by atoms with E-state index in [1.165, 1.54) is 6.20 Å². The highest BCUT2D eigenvalue weighted by Crippen LogP contribution is 1.91. The molecule has 1 amide bonds. The van der Waals surface area contributed by atoms with Crippen molar-refractivity contribution in [3.63, 3.8) is 0 Å². The summed E-state index contributed by atoms with van der Waals surface area (Å²) in [6.07, 6.45) is 3.18. The van der Waals surface area contributed by atoms with E-state index in [1.54, 1.807) is 0 Å². The van der Waals surface area contributed by atoms with E-state index in [0.29, 0.717) is 19.8 Å². The number of carbonyl (C=O) groups excluding carboxylic acids is 1. The Bertz CT molecular complexity index is 335. The van der Waals surface area contributed by atoms with Crippen molar-refractivity contribution in [2.75, 3.05) is 46.9 Å². The number of amides is 1. The lowest BCUT2D eigenvalue weighted by atomic mass is 10.3. The molecular weight excluding hydrogens is 256 g/mol. The fraction of sp³-hybridized carbons (Fsp3) is 0.714. The molecule has 6 nitrogen and oxygen atoms in total. The Morgan fingerprint density at radius 1 is 1.35 bits per heavy atom. The lowest BCUT2D eigenvalue weighted by Gasteiger charge is -2.09. The van der Waals surface area contributed by atoms with Crippen LogP contribution in [-0.2, 0) is 9.53 Å². The van der Waals surface area contributed by atoms with Gasteiger partial charge in [0, 0.05) is 32.5 Å². The molecule has 0 saturated heterocycles. The lowest BCUT2D eigenvalue weighted by molar-refractivity contribution is -0.117. The molecule has 0 aromatic carbocycles. The minimum Gasteiger partial charge on any atom is -0.390 e. The van der Waals surface area contributed by atoms with E-state index in [0.717, 1.165) is 25.9 Å². The molecule has 0 aromatic rings. The zero-order valence-electron chi connectivity index (χ0n) is 12.7. The predicted molar refractivity (Wildman–Crippen MR) is 79.0 cm³/mol. The van der Waals surface area contributed by atoms with Crippen molar-refractivity contribution in [2.45, 2.75) is 19.8 Å². The van der Waals surface area contributed by atoms with Crippen LogP contribution in [0.2, 0.25) is 0 Å². The first kappa shape index (κ1) is 18.4. The van der Waals surface area contributed by atoms with Gasteiger partial charge < -0.3 is 20.3 Å². The molecule has 0 unspecified atom stereocenters. The van der Waals surface area contributed by atoms with Crippen LogP contribution in [0.25, 0.3) is 0 Å². The van der Waals surface area contributed by atoms with Crippen LogP contribution in [0.5, 0.6) is 0 Å². The van der Waals surface area contributed by atoms with Gasteiger partial charge in [-0.15, -0.1) is 0 Å². The number of rotatable bonds is 11. The first-order valence-corrected chi connectivity index (χ1v) is 6.96. The fourth-order valence-corrected chi connectivity index (χ4v) is 1.44. The largest absolute Gasteiger partial charge is 0.390 e. The monoisotopic (exact) mass is 282 g/mol. The summed E-state index contributed by atoms with van der Waals surface area (Å²) in [6, 6.07) is 1.90. The highest BCUT2D eigenvalue weighted by atomic mass is 16.5. The second-order valence-corrected chi connectivity index (χ2v) is 4.59. The summed E-state index contributed by atoms with van der Waals surface area (Å²) in [5.74, 6) is -0.343. The molecule has 0 rings (SSSR count). The molecule has 0 heterocycles. The molecule has 0 aromatic heterocycles. The van der Waals surface area contributed by atoms with Crippen molar-refractivity contribution in [2.24, 2.45) is 0 Å². The van der Waals surface area contributed by atoms with Gasteiger partial charge in [0.05, 0.1) is 0 Å². The van der Waals surface area contributed by atoms with Gasteiger partial charge in [-0.2, -0.15) is 5.26 Å². The van der Waals surface area contributed by atoms with Crippen LogP contribution >= 0.6 is 0 Å². The van der Waals surface area contributed by atoms with Crippen LogP contribution in [0.1, 0.15) is 19.8 Å². The average molecular weight is 282 g/mol. The van der Waals surface area contributed by atoms with Gasteiger partial charge in [0.25, 0.3) is 5.91 Å². The van der Waals surface area contributed by atoms with Gasteiger partial charge in [-0.1, -0.05) is 0 Å². The molecule has 0 fully saturated rings. The third-order valence-electron chi connectivity index (χ3n) is 2.49. The van der Waals surface area contributed by atoms with Gasteiger partial charge >= 0.3 is 0 Å². The molecule has 0 bridgehead atoms. The number of nitrogens with zero attached hydrogens (tertiary/aromatic N) is 2. The molecule has 0 aliphatic carbocycles. The minimum absolute atomic E-state index is 0.103.